The number of benzene rings is 2. The summed E-state index contributed by atoms with van der Waals surface area (Å²) in [5.74, 6) is 0.657. The van der Waals surface area contributed by atoms with Crippen molar-refractivity contribution in [2.45, 2.75) is 22.7 Å². The first kappa shape index (κ1) is 20.6. The molecule has 1 saturated heterocycles. The zero-order valence-corrected chi connectivity index (χ0v) is 17.3. The standard InChI is InChI=1S/C19H23NO6S2/c1-25-15-5-3-14(4-6-15)11-20-18-12-27(21,22)13-19(18)28(23,24)17-9-7-16(26-2)8-10-17/h3-10,18-20H,11-13H2,1-2H3/t18-,19-/m1/s1. The molecule has 2 atom stereocenters. The molecule has 7 nitrogen and oxygen atoms in total. The molecule has 0 spiro atoms. The molecule has 3 rings (SSSR count). The maximum atomic E-state index is 13.1. The monoisotopic (exact) mass is 425 g/mol. The molecule has 1 aliphatic heterocycles. The maximum absolute atomic E-state index is 13.1. The van der Waals surface area contributed by atoms with E-state index in [4.69, 9.17) is 9.47 Å². The Kier molecular flexibility index (Phi) is 5.97. The van der Waals surface area contributed by atoms with Gasteiger partial charge < -0.3 is 14.8 Å². The summed E-state index contributed by atoms with van der Waals surface area (Å²) in [4.78, 5) is 0.0895. The van der Waals surface area contributed by atoms with Gasteiger partial charge in [-0.2, -0.15) is 0 Å². The third-order valence-electron chi connectivity index (χ3n) is 4.81. The quantitative estimate of drug-likeness (QED) is 0.716. The summed E-state index contributed by atoms with van der Waals surface area (Å²) in [7, 11) is -4.20. The molecule has 152 valence electrons. The Morgan fingerprint density at radius 2 is 1.46 bits per heavy atom. The number of hydrogen-bond acceptors (Lipinski definition) is 7. The second-order valence-electron chi connectivity index (χ2n) is 6.67. The summed E-state index contributed by atoms with van der Waals surface area (Å²) >= 11 is 0. The fourth-order valence-corrected chi connectivity index (χ4v) is 7.96. The summed E-state index contributed by atoms with van der Waals surface area (Å²) in [6.07, 6.45) is 0. The van der Waals surface area contributed by atoms with Crippen molar-refractivity contribution in [2.24, 2.45) is 0 Å². The Balaban J connectivity index is 1.80. The molecule has 1 heterocycles. The Morgan fingerprint density at radius 3 is 2.00 bits per heavy atom. The highest BCUT2D eigenvalue weighted by Crippen LogP contribution is 2.27. The average Bonchev–Trinajstić information content (AvgIpc) is 3.02. The number of rotatable bonds is 7. The van der Waals surface area contributed by atoms with E-state index in [0.717, 1.165) is 5.56 Å². The van der Waals surface area contributed by atoms with Gasteiger partial charge in [-0.25, -0.2) is 16.8 Å². The Morgan fingerprint density at radius 1 is 0.929 bits per heavy atom. The number of sulfone groups is 2. The normalized spacial score (nSPS) is 21.4. The minimum absolute atomic E-state index is 0.0895. The van der Waals surface area contributed by atoms with Gasteiger partial charge in [0.05, 0.1) is 35.9 Å². The van der Waals surface area contributed by atoms with Crippen LogP contribution >= 0.6 is 0 Å². The largest absolute Gasteiger partial charge is 0.497 e. The highest BCUT2D eigenvalue weighted by molar-refractivity contribution is 7.96. The maximum Gasteiger partial charge on any atom is 0.183 e. The van der Waals surface area contributed by atoms with Crippen molar-refractivity contribution in [3.63, 3.8) is 0 Å². The van der Waals surface area contributed by atoms with E-state index in [-0.39, 0.29) is 16.4 Å². The zero-order valence-electron chi connectivity index (χ0n) is 15.7. The Hall–Kier alpha value is -2.10. The molecule has 0 bridgehead atoms. The summed E-state index contributed by atoms with van der Waals surface area (Å²) in [5, 5.41) is 2.08. The van der Waals surface area contributed by atoms with Crippen LogP contribution < -0.4 is 14.8 Å². The van der Waals surface area contributed by atoms with Gasteiger partial charge in [0.25, 0.3) is 0 Å². The van der Waals surface area contributed by atoms with Crippen LogP contribution in [0.3, 0.4) is 0 Å². The number of ether oxygens (including phenoxy) is 2. The van der Waals surface area contributed by atoms with Crippen LogP contribution in [0, 0.1) is 0 Å². The third-order valence-corrected chi connectivity index (χ3v) is 8.98. The average molecular weight is 426 g/mol. The highest BCUT2D eigenvalue weighted by atomic mass is 32.2. The predicted molar refractivity (Wildman–Crippen MR) is 106 cm³/mol. The number of nitrogens with one attached hydrogen (secondary N) is 1. The van der Waals surface area contributed by atoms with E-state index in [1.54, 1.807) is 31.4 Å². The van der Waals surface area contributed by atoms with Crippen LogP contribution in [0.5, 0.6) is 11.5 Å². The van der Waals surface area contributed by atoms with Gasteiger partial charge in [-0.05, 0) is 42.0 Å². The van der Waals surface area contributed by atoms with E-state index in [1.807, 2.05) is 12.1 Å². The van der Waals surface area contributed by atoms with Crippen LogP contribution in [0.25, 0.3) is 0 Å². The van der Waals surface area contributed by atoms with Crippen LogP contribution in [0.15, 0.2) is 53.4 Å². The fourth-order valence-electron chi connectivity index (χ4n) is 3.24. The molecule has 0 saturated carbocycles. The molecule has 0 radical (unpaired) electrons. The molecular formula is C19H23NO6S2. The van der Waals surface area contributed by atoms with E-state index in [1.165, 1.54) is 19.2 Å². The molecule has 9 heteroatoms. The minimum Gasteiger partial charge on any atom is -0.497 e. The summed E-state index contributed by atoms with van der Waals surface area (Å²) in [5.41, 5.74) is 0.908. The molecule has 28 heavy (non-hydrogen) atoms. The van der Waals surface area contributed by atoms with Crippen molar-refractivity contribution in [1.82, 2.24) is 5.32 Å². The van der Waals surface area contributed by atoms with Crippen LogP contribution in [-0.4, -0.2) is 53.9 Å². The van der Waals surface area contributed by atoms with Crippen molar-refractivity contribution in [3.05, 3.63) is 54.1 Å². The van der Waals surface area contributed by atoms with Gasteiger partial charge >= 0.3 is 0 Å². The predicted octanol–water partition coefficient (Wildman–Crippen LogP) is 1.43. The molecule has 2 aromatic carbocycles. The van der Waals surface area contributed by atoms with Gasteiger partial charge in [-0.3, -0.25) is 0 Å². The van der Waals surface area contributed by atoms with Gasteiger partial charge in [0.15, 0.2) is 19.7 Å². The van der Waals surface area contributed by atoms with Crippen LogP contribution in [-0.2, 0) is 26.2 Å². The van der Waals surface area contributed by atoms with Gasteiger partial charge in [-0.15, -0.1) is 0 Å². The second kappa shape index (κ2) is 8.10. The third kappa shape index (κ3) is 4.48. The smallest absolute Gasteiger partial charge is 0.183 e. The topological polar surface area (TPSA) is 98.8 Å². The van der Waals surface area contributed by atoms with Gasteiger partial charge in [-0.1, -0.05) is 12.1 Å². The molecule has 1 N–H and O–H groups in total. The van der Waals surface area contributed by atoms with Crippen LogP contribution in [0.4, 0.5) is 0 Å². The molecule has 0 aromatic heterocycles. The summed E-state index contributed by atoms with van der Waals surface area (Å²) in [6.45, 7) is 0.360. The van der Waals surface area contributed by atoms with Crippen LogP contribution in [0.1, 0.15) is 5.56 Å². The highest BCUT2D eigenvalue weighted by Gasteiger charge is 2.45. The zero-order chi connectivity index (χ0) is 20.4. The van der Waals surface area contributed by atoms with Crippen LogP contribution in [0.2, 0.25) is 0 Å². The minimum atomic E-state index is -3.82. The first-order chi connectivity index (χ1) is 13.2. The molecule has 2 aromatic rings. The molecule has 1 aliphatic rings. The van der Waals surface area contributed by atoms with E-state index in [0.29, 0.717) is 18.0 Å². The molecule has 0 unspecified atom stereocenters. The van der Waals surface area contributed by atoms with Crippen molar-refractivity contribution in [3.8, 4) is 11.5 Å². The lowest BCUT2D eigenvalue weighted by Crippen LogP contribution is -2.43. The molecule has 0 aliphatic carbocycles. The number of methoxy groups -OCH3 is 2. The Labute approximate surface area is 165 Å². The van der Waals surface area contributed by atoms with Crippen molar-refractivity contribution in [1.29, 1.82) is 0 Å². The lowest BCUT2D eigenvalue weighted by Gasteiger charge is -2.20. The van der Waals surface area contributed by atoms with E-state index in [9.17, 15) is 16.8 Å². The second-order valence-corrected chi connectivity index (χ2v) is 11.0. The van der Waals surface area contributed by atoms with E-state index in [2.05, 4.69) is 5.32 Å². The number of hydrogen-bond donors (Lipinski definition) is 1. The van der Waals surface area contributed by atoms with Crippen molar-refractivity contribution >= 4 is 19.7 Å². The van der Waals surface area contributed by atoms with E-state index < -0.39 is 31.0 Å². The fraction of sp³-hybridized carbons (Fsp3) is 0.368. The molecule has 0 amide bonds. The van der Waals surface area contributed by atoms with Gasteiger partial charge in [0, 0.05) is 12.6 Å². The van der Waals surface area contributed by atoms with Crippen molar-refractivity contribution < 1.29 is 26.3 Å². The first-order valence-corrected chi connectivity index (χ1v) is 12.1. The molecule has 1 fully saturated rings. The SMILES string of the molecule is COc1ccc(CN[C@@H]2CS(=O)(=O)C[C@H]2S(=O)(=O)c2ccc(OC)cc2)cc1. The lowest BCUT2D eigenvalue weighted by atomic mass is 10.2. The Bertz CT molecular complexity index is 1020. The molecular weight excluding hydrogens is 402 g/mol. The van der Waals surface area contributed by atoms with Gasteiger partial charge in [0.2, 0.25) is 0 Å². The van der Waals surface area contributed by atoms with Gasteiger partial charge in [0.1, 0.15) is 11.5 Å². The lowest BCUT2D eigenvalue weighted by molar-refractivity contribution is 0.414. The summed E-state index contributed by atoms with van der Waals surface area (Å²) < 4.78 is 60.7. The van der Waals surface area contributed by atoms with E-state index >= 15 is 0 Å². The first-order valence-electron chi connectivity index (χ1n) is 8.70. The van der Waals surface area contributed by atoms with Crippen molar-refractivity contribution in [2.75, 3.05) is 25.7 Å². The summed E-state index contributed by atoms with van der Waals surface area (Å²) in [6, 6.07) is 12.6.